The molecule has 7 heteroatoms. The normalized spacial score (nSPS) is 12.3. The number of aliphatic hydroxyl groups excluding tert-OH is 1. The van der Waals surface area contributed by atoms with Crippen molar-refractivity contribution in [3.63, 3.8) is 0 Å². The first kappa shape index (κ1) is 16.2. The Balaban J connectivity index is 1.64. The monoisotopic (exact) mass is 334 g/mol. The second-order valence-corrected chi connectivity index (χ2v) is 5.29. The van der Waals surface area contributed by atoms with Crippen molar-refractivity contribution in [1.29, 1.82) is 0 Å². The number of halogens is 2. The van der Waals surface area contributed by atoms with Crippen LogP contribution in [0.5, 0.6) is 11.5 Å². The van der Waals surface area contributed by atoms with E-state index < -0.39 is 17.7 Å². The number of methoxy groups -OCH3 is 1. The van der Waals surface area contributed by atoms with Gasteiger partial charge in [-0.3, -0.25) is 0 Å². The van der Waals surface area contributed by atoms with E-state index in [1.54, 1.807) is 35.9 Å². The van der Waals surface area contributed by atoms with Crippen molar-refractivity contribution >= 4 is 11.0 Å². The molecule has 0 spiro atoms. The third-order valence-corrected chi connectivity index (χ3v) is 3.57. The van der Waals surface area contributed by atoms with Gasteiger partial charge in [-0.15, -0.1) is 0 Å². The van der Waals surface area contributed by atoms with Crippen LogP contribution in [0.1, 0.15) is 0 Å². The first-order valence-electron chi connectivity index (χ1n) is 7.31. The minimum absolute atomic E-state index is 0.0513. The van der Waals surface area contributed by atoms with Crippen LogP contribution >= 0.6 is 0 Å². The Hall–Kier alpha value is -2.67. The largest absolute Gasteiger partial charge is 0.497 e. The molecule has 0 aliphatic rings. The van der Waals surface area contributed by atoms with Crippen molar-refractivity contribution in [2.45, 2.75) is 12.6 Å². The van der Waals surface area contributed by atoms with Crippen molar-refractivity contribution in [3.05, 3.63) is 54.4 Å². The number of fused-ring (bicyclic) bond motifs is 1. The zero-order valence-corrected chi connectivity index (χ0v) is 12.9. The highest BCUT2D eigenvalue weighted by Gasteiger charge is 2.12. The molecule has 1 atom stereocenters. The van der Waals surface area contributed by atoms with Crippen LogP contribution in [0.25, 0.3) is 11.0 Å². The van der Waals surface area contributed by atoms with Crippen LogP contribution in [0.4, 0.5) is 8.78 Å². The fourth-order valence-corrected chi connectivity index (χ4v) is 2.34. The maximum Gasteiger partial charge on any atom is 0.161 e. The summed E-state index contributed by atoms with van der Waals surface area (Å²) in [6.07, 6.45) is 0.595. The van der Waals surface area contributed by atoms with Gasteiger partial charge in [-0.1, -0.05) is 0 Å². The molecule has 0 radical (unpaired) electrons. The van der Waals surface area contributed by atoms with Gasteiger partial charge in [0.15, 0.2) is 11.6 Å². The molecule has 1 heterocycles. The third-order valence-electron chi connectivity index (χ3n) is 3.57. The molecule has 3 aromatic rings. The molecule has 24 heavy (non-hydrogen) atoms. The molecule has 0 aliphatic carbocycles. The van der Waals surface area contributed by atoms with Crippen molar-refractivity contribution in [2.75, 3.05) is 13.7 Å². The van der Waals surface area contributed by atoms with Crippen molar-refractivity contribution in [1.82, 2.24) is 9.55 Å². The standard InChI is InChI=1S/C17H16F2N2O3/c1-23-12-2-4-13(5-3-12)24-9-11(22)8-21-10-20-16-6-14(18)15(19)7-17(16)21/h2-7,10-11,22H,8-9H2,1H3. The van der Waals surface area contributed by atoms with Gasteiger partial charge >= 0.3 is 0 Å². The molecule has 0 saturated heterocycles. The van der Waals surface area contributed by atoms with Gasteiger partial charge in [0.25, 0.3) is 0 Å². The topological polar surface area (TPSA) is 56.5 Å². The summed E-state index contributed by atoms with van der Waals surface area (Å²) in [5.41, 5.74) is 0.745. The van der Waals surface area contributed by atoms with Crippen LogP contribution in [-0.2, 0) is 6.54 Å². The number of rotatable bonds is 6. The zero-order valence-electron chi connectivity index (χ0n) is 12.9. The van der Waals surface area contributed by atoms with Crippen molar-refractivity contribution in [3.8, 4) is 11.5 Å². The average Bonchev–Trinajstić information content (AvgIpc) is 2.95. The highest BCUT2D eigenvalue weighted by atomic mass is 19.2. The van der Waals surface area contributed by atoms with Gasteiger partial charge in [-0.25, -0.2) is 13.8 Å². The SMILES string of the molecule is COc1ccc(OCC(O)Cn2cnc3cc(F)c(F)cc32)cc1. The summed E-state index contributed by atoms with van der Waals surface area (Å²) in [6.45, 7) is 0.202. The van der Waals surface area contributed by atoms with Crippen LogP contribution in [-0.4, -0.2) is 34.5 Å². The molecule has 0 saturated carbocycles. The Kier molecular flexibility index (Phi) is 4.61. The number of hydrogen-bond acceptors (Lipinski definition) is 4. The summed E-state index contributed by atoms with van der Waals surface area (Å²) in [5.74, 6) is -0.593. The number of aromatic nitrogens is 2. The lowest BCUT2D eigenvalue weighted by Gasteiger charge is -2.14. The summed E-state index contributed by atoms with van der Waals surface area (Å²) in [4.78, 5) is 4.00. The van der Waals surface area contributed by atoms with E-state index in [-0.39, 0.29) is 13.2 Å². The maximum atomic E-state index is 13.4. The molecule has 2 aromatic carbocycles. The highest BCUT2D eigenvalue weighted by Crippen LogP contribution is 2.19. The lowest BCUT2D eigenvalue weighted by Crippen LogP contribution is -2.23. The Morgan fingerprint density at radius 1 is 1.12 bits per heavy atom. The number of imidazole rings is 1. The number of hydrogen-bond donors (Lipinski definition) is 1. The van der Waals surface area contributed by atoms with E-state index in [1.165, 1.54) is 6.33 Å². The van der Waals surface area contributed by atoms with Crippen LogP contribution < -0.4 is 9.47 Å². The van der Waals surface area contributed by atoms with E-state index in [2.05, 4.69) is 4.98 Å². The molecular formula is C17H16F2N2O3. The van der Waals surface area contributed by atoms with Gasteiger partial charge < -0.3 is 19.1 Å². The van der Waals surface area contributed by atoms with E-state index in [4.69, 9.17) is 9.47 Å². The molecule has 0 aliphatic heterocycles. The molecular weight excluding hydrogens is 318 g/mol. The Bertz CT molecular complexity index is 834. The molecule has 0 fully saturated rings. The number of benzene rings is 2. The second kappa shape index (κ2) is 6.84. The fraction of sp³-hybridized carbons (Fsp3) is 0.235. The summed E-state index contributed by atoms with van der Waals surface area (Å²) in [5, 5.41) is 10.1. The summed E-state index contributed by atoms with van der Waals surface area (Å²) >= 11 is 0. The van der Waals surface area contributed by atoms with Gasteiger partial charge in [-0.2, -0.15) is 0 Å². The first-order chi connectivity index (χ1) is 11.6. The van der Waals surface area contributed by atoms with Crippen LogP contribution in [0.15, 0.2) is 42.7 Å². The molecule has 1 aromatic heterocycles. The van der Waals surface area contributed by atoms with Gasteiger partial charge in [-0.05, 0) is 24.3 Å². The summed E-state index contributed by atoms with van der Waals surface area (Å²) in [6, 6.07) is 9.06. The number of ether oxygens (including phenoxy) is 2. The van der Waals surface area contributed by atoms with E-state index >= 15 is 0 Å². The lowest BCUT2D eigenvalue weighted by atomic mass is 10.3. The van der Waals surface area contributed by atoms with E-state index in [0.29, 0.717) is 22.5 Å². The molecule has 3 rings (SSSR count). The third kappa shape index (κ3) is 3.46. The van der Waals surface area contributed by atoms with Crippen molar-refractivity contribution < 1.29 is 23.4 Å². The summed E-state index contributed by atoms with van der Waals surface area (Å²) < 4.78 is 38.6. The maximum absolute atomic E-state index is 13.4. The highest BCUT2D eigenvalue weighted by molar-refractivity contribution is 5.75. The second-order valence-electron chi connectivity index (χ2n) is 5.29. The zero-order chi connectivity index (χ0) is 17.1. The Labute approximate surface area is 137 Å². The Morgan fingerprint density at radius 3 is 2.50 bits per heavy atom. The number of nitrogens with zero attached hydrogens (tertiary/aromatic N) is 2. The van der Waals surface area contributed by atoms with E-state index in [0.717, 1.165) is 12.1 Å². The van der Waals surface area contributed by atoms with Gasteiger partial charge in [0.1, 0.15) is 24.2 Å². The minimum atomic E-state index is -0.951. The van der Waals surface area contributed by atoms with Crippen LogP contribution in [0.2, 0.25) is 0 Å². The molecule has 126 valence electrons. The molecule has 1 N–H and O–H groups in total. The van der Waals surface area contributed by atoms with Gasteiger partial charge in [0, 0.05) is 12.1 Å². The predicted octanol–water partition coefficient (Wildman–Crippen LogP) is 2.76. The molecule has 1 unspecified atom stereocenters. The average molecular weight is 334 g/mol. The smallest absolute Gasteiger partial charge is 0.161 e. The van der Waals surface area contributed by atoms with Crippen molar-refractivity contribution in [2.24, 2.45) is 0 Å². The van der Waals surface area contributed by atoms with Crippen LogP contribution in [0.3, 0.4) is 0 Å². The number of aliphatic hydroxyl groups is 1. The summed E-state index contributed by atoms with van der Waals surface area (Å²) in [7, 11) is 1.57. The lowest BCUT2D eigenvalue weighted by molar-refractivity contribution is 0.0934. The van der Waals surface area contributed by atoms with Gasteiger partial charge in [0.05, 0.1) is 31.0 Å². The van der Waals surface area contributed by atoms with Crippen LogP contribution in [0, 0.1) is 11.6 Å². The fourth-order valence-electron chi connectivity index (χ4n) is 2.34. The molecule has 5 nitrogen and oxygen atoms in total. The quantitative estimate of drug-likeness (QED) is 0.753. The minimum Gasteiger partial charge on any atom is -0.497 e. The van der Waals surface area contributed by atoms with E-state index in [9.17, 15) is 13.9 Å². The molecule has 0 bridgehead atoms. The predicted molar refractivity (Wildman–Crippen MR) is 84.1 cm³/mol. The molecule has 0 amide bonds. The Morgan fingerprint density at radius 2 is 1.79 bits per heavy atom. The van der Waals surface area contributed by atoms with Gasteiger partial charge in [0.2, 0.25) is 0 Å². The van der Waals surface area contributed by atoms with E-state index in [1.807, 2.05) is 0 Å². The first-order valence-corrected chi connectivity index (χ1v) is 7.31.